The molecule has 5 rings (SSSR count). The van der Waals surface area contributed by atoms with Gasteiger partial charge in [0, 0.05) is 40.6 Å². The second-order valence-corrected chi connectivity index (χ2v) is 9.55. The molecule has 3 heterocycles. The Morgan fingerprint density at radius 2 is 1.83 bits per heavy atom. The number of nitrogens with zero attached hydrogens (tertiary/aromatic N) is 2. The fraction of sp³-hybridized carbons (Fsp3) is 0.259. The van der Waals surface area contributed by atoms with Crippen LogP contribution in [0.5, 0.6) is 0 Å². The van der Waals surface area contributed by atoms with Gasteiger partial charge in [-0.25, -0.2) is 4.57 Å². The Balaban J connectivity index is 1.80. The van der Waals surface area contributed by atoms with Crippen molar-refractivity contribution in [1.82, 2.24) is 4.98 Å². The average Bonchev–Trinajstić information content (AvgIpc) is 3.04. The number of aryl methyl sites for hydroxylation is 2. The van der Waals surface area contributed by atoms with Crippen molar-refractivity contribution in [3.63, 3.8) is 0 Å². The Labute approximate surface area is 177 Å². The topological polar surface area (TPSA) is 29.9 Å². The van der Waals surface area contributed by atoms with Gasteiger partial charge in [0.25, 0.3) is 0 Å². The zero-order chi connectivity index (χ0) is 21.0. The molecule has 0 amide bonds. The number of aromatic nitrogens is 2. The highest BCUT2D eigenvalue weighted by molar-refractivity contribution is 6.12. The normalized spacial score (nSPS) is 12.3. The van der Waals surface area contributed by atoms with Crippen LogP contribution in [0.25, 0.3) is 44.1 Å². The van der Waals surface area contributed by atoms with E-state index < -0.39 is 0 Å². The Bertz CT molecular complexity index is 1420. The molecule has 0 spiro atoms. The molecule has 0 N–H and O–H groups in total. The van der Waals surface area contributed by atoms with E-state index >= 15 is 0 Å². The largest absolute Gasteiger partial charge is 0.455 e. The monoisotopic (exact) mass is 395 g/mol. The van der Waals surface area contributed by atoms with Crippen LogP contribution in [0.4, 0.5) is 0 Å². The summed E-state index contributed by atoms with van der Waals surface area (Å²) in [5.74, 6) is 0. The summed E-state index contributed by atoms with van der Waals surface area (Å²) in [6.07, 6.45) is 5.02. The number of furan rings is 1. The predicted molar refractivity (Wildman–Crippen MR) is 124 cm³/mol. The molecule has 3 nitrogen and oxygen atoms in total. The smallest absolute Gasteiger partial charge is 0.216 e. The lowest BCUT2D eigenvalue weighted by Crippen LogP contribution is -2.31. The third-order valence-corrected chi connectivity index (χ3v) is 5.78. The van der Waals surface area contributed by atoms with Crippen molar-refractivity contribution in [3.8, 4) is 11.3 Å². The maximum absolute atomic E-state index is 6.47. The molecule has 2 aromatic carbocycles. The summed E-state index contributed by atoms with van der Waals surface area (Å²) in [5, 5.41) is 3.42. The van der Waals surface area contributed by atoms with Crippen LogP contribution in [-0.2, 0) is 13.5 Å². The molecule has 0 aliphatic carbocycles. The Hall–Kier alpha value is -3.20. The molecule has 0 bridgehead atoms. The first-order valence-electron chi connectivity index (χ1n) is 10.5. The number of pyridine rings is 2. The fourth-order valence-electron chi connectivity index (χ4n) is 4.41. The lowest BCUT2D eigenvalue weighted by molar-refractivity contribution is -0.660. The molecular formula is C27H27N2O+. The van der Waals surface area contributed by atoms with Gasteiger partial charge >= 0.3 is 0 Å². The molecule has 3 heteroatoms. The van der Waals surface area contributed by atoms with E-state index in [0.717, 1.165) is 39.3 Å². The molecule has 5 aromatic rings. The van der Waals surface area contributed by atoms with Gasteiger partial charge < -0.3 is 4.42 Å². The summed E-state index contributed by atoms with van der Waals surface area (Å²) < 4.78 is 8.66. The van der Waals surface area contributed by atoms with Crippen molar-refractivity contribution in [2.75, 3.05) is 0 Å². The molecule has 0 atom stereocenters. The van der Waals surface area contributed by atoms with Gasteiger partial charge in [-0.1, -0.05) is 39.0 Å². The standard InChI is InChI=1S/C27H27N2O/c1-17-8-9-20-21-14-19-7-6-11-28-22(19)15-24(21)30-26(20)25(17)23-13-18(10-12-29(23)5)16-27(2,3)4/h6-15H,16H2,1-5H3/q+1. The zero-order valence-electron chi connectivity index (χ0n) is 18.3. The van der Waals surface area contributed by atoms with E-state index in [2.05, 4.69) is 93.0 Å². The number of fused-ring (bicyclic) bond motifs is 4. The average molecular weight is 396 g/mol. The summed E-state index contributed by atoms with van der Waals surface area (Å²) in [6, 6.07) is 17.3. The lowest BCUT2D eigenvalue weighted by Gasteiger charge is -2.18. The minimum absolute atomic E-state index is 0.241. The van der Waals surface area contributed by atoms with Crippen LogP contribution in [0.3, 0.4) is 0 Å². The first kappa shape index (κ1) is 18.8. The third-order valence-electron chi connectivity index (χ3n) is 5.78. The summed E-state index contributed by atoms with van der Waals surface area (Å²) >= 11 is 0. The summed E-state index contributed by atoms with van der Waals surface area (Å²) in [6.45, 7) is 9.01. The van der Waals surface area contributed by atoms with Crippen molar-refractivity contribution in [2.45, 2.75) is 34.1 Å². The summed E-state index contributed by atoms with van der Waals surface area (Å²) in [4.78, 5) is 4.50. The number of hydrogen-bond donors (Lipinski definition) is 0. The summed E-state index contributed by atoms with van der Waals surface area (Å²) in [7, 11) is 2.11. The van der Waals surface area contributed by atoms with Gasteiger partial charge in [-0.15, -0.1) is 0 Å². The van der Waals surface area contributed by atoms with Crippen LogP contribution in [-0.4, -0.2) is 4.98 Å². The molecule has 0 saturated carbocycles. The third kappa shape index (κ3) is 3.15. The van der Waals surface area contributed by atoms with E-state index in [9.17, 15) is 0 Å². The highest BCUT2D eigenvalue weighted by Gasteiger charge is 2.22. The second-order valence-electron chi connectivity index (χ2n) is 9.55. The summed E-state index contributed by atoms with van der Waals surface area (Å²) in [5.41, 5.74) is 7.94. The highest BCUT2D eigenvalue weighted by atomic mass is 16.3. The van der Waals surface area contributed by atoms with E-state index in [1.165, 1.54) is 22.4 Å². The molecule has 3 aromatic heterocycles. The van der Waals surface area contributed by atoms with Gasteiger partial charge in [0.2, 0.25) is 5.69 Å². The van der Waals surface area contributed by atoms with Crippen LogP contribution in [0, 0.1) is 12.3 Å². The predicted octanol–water partition coefficient (Wildman–Crippen LogP) is 6.52. The first-order valence-corrected chi connectivity index (χ1v) is 10.5. The van der Waals surface area contributed by atoms with Crippen LogP contribution in [0.1, 0.15) is 31.9 Å². The van der Waals surface area contributed by atoms with Gasteiger partial charge in [0.15, 0.2) is 6.20 Å². The molecule has 0 aliphatic rings. The molecule has 150 valence electrons. The van der Waals surface area contributed by atoms with E-state index in [1.807, 2.05) is 12.3 Å². The Kier molecular flexibility index (Phi) is 4.18. The number of hydrogen-bond acceptors (Lipinski definition) is 2. The van der Waals surface area contributed by atoms with Crippen LogP contribution >= 0.6 is 0 Å². The van der Waals surface area contributed by atoms with Gasteiger partial charge in [0.05, 0.1) is 11.1 Å². The van der Waals surface area contributed by atoms with Crippen molar-refractivity contribution in [3.05, 3.63) is 72.1 Å². The second kappa shape index (κ2) is 6.66. The SMILES string of the molecule is Cc1ccc2c(oc3cc4ncccc4cc32)c1-c1cc(CC(C)(C)C)cc[n+]1C. The van der Waals surface area contributed by atoms with Crippen molar-refractivity contribution >= 4 is 32.8 Å². The minimum Gasteiger partial charge on any atom is -0.455 e. The minimum atomic E-state index is 0.241. The molecular weight excluding hydrogens is 368 g/mol. The quantitative estimate of drug-likeness (QED) is 0.318. The first-order chi connectivity index (χ1) is 14.3. The van der Waals surface area contributed by atoms with E-state index in [4.69, 9.17) is 4.42 Å². The maximum atomic E-state index is 6.47. The number of rotatable bonds is 2. The van der Waals surface area contributed by atoms with E-state index in [1.54, 1.807) is 0 Å². The molecule has 0 fully saturated rings. The van der Waals surface area contributed by atoms with Crippen LogP contribution in [0.15, 0.2) is 65.3 Å². The molecule has 0 unspecified atom stereocenters. The van der Waals surface area contributed by atoms with Crippen LogP contribution < -0.4 is 4.57 Å². The zero-order valence-corrected chi connectivity index (χ0v) is 18.3. The number of benzene rings is 2. The molecule has 30 heavy (non-hydrogen) atoms. The van der Waals surface area contributed by atoms with Gasteiger partial charge in [-0.05, 0) is 42.0 Å². The Morgan fingerprint density at radius 3 is 2.63 bits per heavy atom. The Morgan fingerprint density at radius 1 is 1.00 bits per heavy atom. The highest BCUT2D eigenvalue weighted by Crippen LogP contribution is 2.38. The van der Waals surface area contributed by atoms with Gasteiger partial charge in [-0.2, -0.15) is 0 Å². The van der Waals surface area contributed by atoms with E-state index in [-0.39, 0.29) is 5.41 Å². The van der Waals surface area contributed by atoms with Crippen LogP contribution in [0.2, 0.25) is 0 Å². The maximum Gasteiger partial charge on any atom is 0.216 e. The molecule has 0 aliphatic heterocycles. The molecule has 0 radical (unpaired) electrons. The molecule has 0 saturated heterocycles. The van der Waals surface area contributed by atoms with Gasteiger partial charge in [-0.3, -0.25) is 4.98 Å². The fourth-order valence-corrected chi connectivity index (χ4v) is 4.41. The van der Waals surface area contributed by atoms with Crippen molar-refractivity contribution in [1.29, 1.82) is 0 Å². The van der Waals surface area contributed by atoms with Crippen molar-refractivity contribution in [2.24, 2.45) is 12.5 Å². The van der Waals surface area contributed by atoms with Gasteiger partial charge in [0.1, 0.15) is 18.2 Å². The van der Waals surface area contributed by atoms with E-state index in [0.29, 0.717) is 0 Å². The lowest BCUT2D eigenvalue weighted by atomic mass is 9.88. The van der Waals surface area contributed by atoms with Crippen molar-refractivity contribution < 1.29 is 8.98 Å².